The zero-order chi connectivity index (χ0) is 16.4. The highest BCUT2D eigenvalue weighted by Gasteiger charge is 2.40. The monoisotopic (exact) mass is 305 g/mol. The van der Waals surface area contributed by atoms with Gasteiger partial charge in [-0.05, 0) is 37.2 Å². The van der Waals surface area contributed by atoms with E-state index in [2.05, 4.69) is 39.9 Å². The van der Waals surface area contributed by atoms with Gasteiger partial charge in [0, 0.05) is 5.56 Å². The van der Waals surface area contributed by atoms with Gasteiger partial charge in [-0.2, -0.15) is 5.26 Å². The van der Waals surface area contributed by atoms with Gasteiger partial charge >= 0.3 is 5.97 Å². The molecule has 0 spiro atoms. The maximum absolute atomic E-state index is 11.8. The molecule has 0 bridgehead atoms. The topological polar surface area (TPSA) is 59.3 Å². The summed E-state index contributed by atoms with van der Waals surface area (Å²) >= 11 is 0. The van der Waals surface area contributed by atoms with Gasteiger partial charge in [0.2, 0.25) is 0 Å². The molecule has 0 radical (unpaired) electrons. The van der Waals surface area contributed by atoms with Crippen molar-refractivity contribution in [3.8, 4) is 11.8 Å². The number of methoxy groups -OCH3 is 1. The lowest BCUT2D eigenvalue weighted by Gasteiger charge is -2.37. The van der Waals surface area contributed by atoms with E-state index in [4.69, 9.17) is 9.16 Å². The molecule has 0 unspecified atom stereocenters. The summed E-state index contributed by atoms with van der Waals surface area (Å²) in [6.07, 6.45) is 0. The normalized spacial score (nSPS) is 11.7. The lowest BCUT2D eigenvalue weighted by molar-refractivity contribution is 0.0599. The Morgan fingerprint density at radius 3 is 2.29 bits per heavy atom. The largest absolute Gasteiger partial charge is 0.542 e. The van der Waals surface area contributed by atoms with Gasteiger partial charge in [-0.1, -0.05) is 20.8 Å². The predicted molar refractivity (Wildman–Crippen MR) is 85.1 cm³/mol. The minimum absolute atomic E-state index is 0.00738. The van der Waals surface area contributed by atoms with Crippen molar-refractivity contribution in [1.82, 2.24) is 0 Å². The first kappa shape index (κ1) is 17.2. The van der Waals surface area contributed by atoms with Crippen molar-refractivity contribution in [1.29, 1.82) is 5.26 Å². The third-order valence-electron chi connectivity index (χ3n) is 4.10. The summed E-state index contributed by atoms with van der Waals surface area (Å²) < 4.78 is 11.0. The van der Waals surface area contributed by atoms with E-state index in [9.17, 15) is 10.1 Å². The number of hydrogen-bond donors (Lipinski definition) is 0. The smallest absolute Gasteiger partial charge is 0.338 e. The van der Waals surface area contributed by atoms with E-state index in [1.807, 2.05) is 0 Å². The van der Waals surface area contributed by atoms with Crippen LogP contribution in [0.4, 0.5) is 0 Å². The zero-order valence-electron chi connectivity index (χ0n) is 13.8. The highest BCUT2D eigenvalue weighted by atomic mass is 28.4. The third-order valence-corrected chi connectivity index (χ3v) is 8.42. The minimum Gasteiger partial charge on any atom is -0.542 e. The average Bonchev–Trinajstić information content (AvgIpc) is 2.38. The van der Waals surface area contributed by atoms with Crippen molar-refractivity contribution in [2.24, 2.45) is 0 Å². The fourth-order valence-corrected chi connectivity index (χ4v) is 2.73. The van der Waals surface area contributed by atoms with Crippen LogP contribution < -0.4 is 4.43 Å². The molecule has 0 aliphatic heterocycles. The van der Waals surface area contributed by atoms with Crippen LogP contribution in [0.3, 0.4) is 0 Å². The molecule has 0 saturated carbocycles. The molecule has 0 aromatic heterocycles. The fraction of sp³-hybridized carbons (Fsp3) is 0.500. The van der Waals surface area contributed by atoms with Crippen LogP contribution in [-0.4, -0.2) is 21.4 Å². The van der Waals surface area contributed by atoms with Crippen LogP contribution in [0.25, 0.3) is 0 Å². The molecule has 0 atom stereocenters. The average molecular weight is 305 g/mol. The van der Waals surface area contributed by atoms with Gasteiger partial charge in [-0.3, -0.25) is 0 Å². The van der Waals surface area contributed by atoms with E-state index >= 15 is 0 Å². The lowest BCUT2D eigenvalue weighted by atomic mass is 10.0. The van der Waals surface area contributed by atoms with Crippen molar-refractivity contribution < 1.29 is 14.0 Å². The van der Waals surface area contributed by atoms with Gasteiger partial charge in [-0.15, -0.1) is 0 Å². The Morgan fingerprint density at radius 2 is 1.86 bits per heavy atom. The third kappa shape index (κ3) is 3.45. The summed E-state index contributed by atoms with van der Waals surface area (Å²) in [6.45, 7) is 12.4. The van der Waals surface area contributed by atoms with Crippen LogP contribution in [0, 0.1) is 18.3 Å². The summed E-state index contributed by atoms with van der Waals surface area (Å²) in [6, 6.07) is 5.36. The second-order valence-electron chi connectivity index (χ2n) is 6.58. The predicted octanol–water partition coefficient (Wildman–Crippen LogP) is 4.04. The number of hydrogen-bond acceptors (Lipinski definition) is 4. The van der Waals surface area contributed by atoms with E-state index in [1.54, 1.807) is 19.1 Å². The quantitative estimate of drug-likeness (QED) is 0.624. The SMILES string of the molecule is COC(=O)c1ccc(C#N)c(O[Si](C)(C)C(C)(C)C)c1C. The van der Waals surface area contributed by atoms with Crippen molar-refractivity contribution in [3.63, 3.8) is 0 Å². The summed E-state index contributed by atoms with van der Waals surface area (Å²) in [7, 11) is -0.754. The summed E-state index contributed by atoms with van der Waals surface area (Å²) in [4.78, 5) is 11.8. The van der Waals surface area contributed by atoms with Gasteiger partial charge in [-0.25, -0.2) is 4.79 Å². The number of benzene rings is 1. The molecule has 0 saturated heterocycles. The Kier molecular flexibility index (Phi) is 4.85. The molecule has 5 heteroatoms. The molecular formula is C16H23NO3Si. The van der Waals surface area contributed by atoms with Crippen LogP contribution >= 0.6 is 0 Å². The summed E-state index contributed by atoms with van der Waals surface area (Å²) in [5.41, 5.74) is 1.54. The van der Waals surface area contributed by atoms with E-state index in [0.29, 0.717) is 22.4 Å². The summed E-state index contributed by atoms with van der Waals surface area (Å²) in [5, 5.41) is 9.31. The van der Waals surface area contributed by atoms with Crippen LogP contribution in [-0.2, 0) is 4.74 Å². The van der Waals surface area contributed by atoms with Crippen LogP contribution in [0.5, 0.6) is 5.75 Å². The molecule has 1 aromatic rings. The van der Waals surface area contributed by atoms with Crippen LogP contribution in [0.2, 0.25) is 18.1 Å². The standard InChI is InChI=1S/C16H23NO3Si/c1-11-13(15(18)19-5)9-8-12(10-17)14(11)20-21(6,7)16(2,3)4/h8-9H,1-7H3. The van der Waals surface area contributed by atoms with E-state index in [1.165, 1.54) is 7.11 Å². The maximum atomic E-state index is 11.8. The Morgan fingerprint density at radius 1 is 1.29 bits per heavy atom. The Bertz CT molecular complexity index is 595. The maximum Gasteiger partial charge on any atom is 0.338 e. The van der Waals surface area contributed by atoms with Crippen molar-refractivity contribution >= 4 is 14.3 Å². The first-order chi connectivity index (χ1) is 9.55. The van der Waals surface area contributed by atoms with Crippen molar-refractivity contribution in [2.75, 3.05) is 7.11 Å². The molecule has 0 N–H and O–H groups in total. The second kappa shape index (κ2) is 5.90. The molecule has 4 nitrogen and oxygen atoms in total. The number of carbonyl (C=O) groups excluding carboxylic acids is 1. The molecule has 0 fully saturated rings. The van der Waals surface area contributed by atoms with Crippen molar-refractivity contribution in [3.05, 3.63) is 28.8 Å². The Labute approximate surface area is 127 Å². The number of esters is 1. The molecule has 1 rings (SSSR count). The van der Waals surface area contributed by atoms with Gasteiger partial charge in [0.15, 0.2) is 0 Å². The second-order valence-corrected chi connectivity index (χ2v) is 11.3. The van der Waals surface area contributed by atoms with Crippen LogP contribution in [0.1, 0.15) is 42.3 Å². The number of nitriles is 1. The minimum atomic E-state index is -2.10. The van der Waals surface area contributed by atoms with E-state index < -0.39 is 14.3 Å². The molecule has 0 amide bonds. The Hall–Kier alpha value is -1.80. The number of carbonyl (C=O) groups is 1. The molecule has 1 aromatic carbocycles. The van der Waals surface area contributed by atoms with Crippen LogP contribution in [0.15, 0.2) is 12.1 Å². The summed E-state index contributed by atoms with van der Waals surface area (Å²) in [5.74, 6) is 0.0871. The number of nitrogens with zero attached hydrogens (tertiary/aromatic N) is 1. The lowest BCUT2D eigenvalue weighted by Crippen LogP contribution is -2.44. The molecule has 114 valence electrons. The molecule has 21 heavy (non-hydrogen) atoms. The van der Waals surface area contributed by atoms with E-state index in [0.717, 1.165) is 0 Å². The molecule has 0 aliphatic rings. The van der Waals surface area contributed by atoms with Gasteiger partial charge in [0.05, 0.1) is 18.2 Å². The van der Waals surface area contributed by atoms with Crippen molar-refractivity contribution in [2.45, 2.75) is 45.8 Å². The molecular weight excluding hydrogens is 282 g/mol. The van der Waals surface area contributed by atoms with Gasteiger partial charge in [0.1, 0.15) is 11.8 Å². The zero-order valence-corrected chi connectivity index (χ0v) is 14.8. The molecule has 0 heterocycles. The number of ether oxygens (including phenoxy) is 1. The van der Waals surface area contributed by atoms with Gasteiger partial charge in [0.25, 0.3) is 8.32 Å². The van der Waals surface area contributed by atoms with Gasteiger partial charge < -0.3 is 9.16 Å². The first-order valence-corrected chi connectivity index (χ1v) is 9.77. The highest BCUT2D eigenvalue weighted by Crippen LogP contribution is 2.39. The first-order valence-electron chi connectivity index (χ1n) is 6.86. The van der Waals surface area contributed by atoms with E-state index in [-0.39, 0.29) is 5.04 Å². The Balaban J connectivity index is 3.41. The molecule has 0 aliphatic carbocycles. The highest BCUT2D eigenvalue weighted by molar-refractivity contribution is 6.74. The number of rotatable bonds is 3. The fourth-order valence-electron chi connectivity index (χ4n) is 1.65.